The highest BCUT2D eigenvalue weighted by Crippen LogP contribution is 2.25. The molecule has 0 bridgehead atoms. The highest BCUT2D eigenvalue weighted by atomic mass is 35.5. The summed E-state index contributed by atoms with van der Waals surface area (Å²) in [6.45, 7) is 2.51. The van der Waals surface area contributed by atoms with Gasteiger partial charge in [-0.15, -0.1) is 0 Å². The monoisotopic (exact) mass is 406 g/mol. The molecule has 2 aromatic carbocycles. The van der Waals surface area contributed by atoms with Crippen molar-refractivity contribution in [2.45, 2.75) is 19.4 Å². The Kier molecular flexibility index (Phi) is 6.19. The summed E-state index contributed by atoms with van der Waals surface area (Å²) in [4.78, 5) is 15.1. The summed E-state index contributed by atoms with van der Waals surface area (Å²) in [5.41, 5.74) is 2.19. The Morgan fingerprint density at radius 3 is 2.33 bits per heavy atom. The lowest BCUT2D eigenvalue weighted by Gasteiger charge is -2.31. The Bertz CT molecular complexity index is 905. The van der Waals surface area contributed by atoms with Crippen molar-refractivity contribution in [1.82, 2.24) is 4.90 Å². The lowest BCUT2D eigenvalue weighted by molar-refractivity contribution is 0.0835. The maximum Gasteiger partial charge on any atom is 0.229 e. The Hall–Kier alpha value is -1.89. The average Bonchev–Trinajstić information content (AvgIpc) is 2.63. The van der Waals surface area contributed by atoms with Crippen LogP contribution in [-0.4, -0.2) is 38.4 Å². The van der Waals surface area contributed by atoms with Crippen molar-refractivity contribution in [2.75, 3.05) is 24.1 Å². The molecule has 1 N–H and O–H groups in total. The summed E-state index contributed by atoms with van der Waals surface area (Å²) in [5, 5.41) is 0.776. The number of Topliss-reactive ketones (excluding diaryl/α,β-unsaturated/α-hetero) is 1. The molecule has 0 amide bonds. The molecule has 0 unspecified atom stereocenters. The average molecular weight is 407 g/mol. The molecule has 1 aliphatic heterocycles. The number of halogens is 1. The van der Waals surface area contributed by atoms with Gasteiger partial charge >= 0.3 is 0 Å². The van der Waals surface area contributed by atoms with Gasteiger partial charge in [0.15, 0.2) is 5.78 Å². The van der Waals surface area contributed by atoms with Crippen LogP contribution < -0.4 is 4.72 Å². The molecule has 0 aromatic heterocycles. The number of nitrogens with one attached hydrogen (secondary N) is 1. The number of hydrogen-bond donors (Lipinski definition) is 1. The number of likely N-dealkylation sites (tertiary alicyclic amines) is 1. The van der Waals surface area contributed by atoms with Crippen molar-refractivity contribution in [3.8, 4) is 0 Å². The van der Waals surface area contributed by atoms with Crippen LogP contribution in [-0.2, 0) is 16.6 Å². The highest BCUT2D eigenvalue weighted by Gasteiger charge is 2.26. The first-order chi connectivity index (χ1) is 12.8. The third kappa shape index (κ3) is 5.54. The van der Waals surface area contributed by atoms with E-state index in [-0.39, 0.29) is 11.7 Å². The lowest BCUT2D eigenvalue weighted by Crippen LogP contribution is -2.36. The second-order valence-electron chi connectivity index (χ2n) is 6.96. The first kappa shape index (κ1) is 19.9. The summed E-state index contributed by atoms with van der Waals surface area (Å²) in [6, 6.07) is 14.5. The van der Waals surface area contributed by atoms with E-state index in [0.717, 1.165) is 49.3 Å². The van der Waals surface area contributed by atoms with E-state index in [9.17, 15) is 13.2 Å². The summed E-state index contributed by atoms with van der Waals surface area (Å²) in [5.74, 6) is 0.125. The number of anilines is 1. The van der Waals surface area contributed by atoms with Gasteiger partial charge in [-0.2, -0.15) is 0 Å². The summed E-state index contributed by atoms with van der Waals surface area (Å²) < 4.78 is 24.9. The van der Waals surface area contributed by atoms with Crippen molar-refractivity contribution in [3.63, 3.8) is 0 Å². The zero-order chi connectivity index (χ0) is 19.4. The first-order valence-corrected chi connectivity index (χ1v) is 11.2. The normalized spacial score (nSPS) is 16.2. The van der Waals surface area contributed by atoms with Gasteiger partial charge in [0.25, 0.3) is 0 Å². The van der Waals surface area contributed by atoms with Crippen LogP contribution in [0.1, 0.15) is 28.8 Å². The van der Waals surface area contributed by atoms with Gasteiger partial charge in [0.1, 0.15) is 0 Å². The second-order valence-corrected chi connectivity index (χ2v) is 9.11. The van der Waals surface area contributed by atoms with Gasteiger partial charge in [-0.05, 0) is 61.8 Å². The van der Waals surface area contributed by atoms with Gasteiger partial charge in [-0.25, -0.2) is 8.42 Å². The van der Waals surface area contributed by atoms with Gasteiger partial charge in [0, 0.05) is 28.7 Å². The third-order valence-corrected chi connectivity index (χ3v) is 5.76. The van der Waals surface area contributed by atoms with Crippen molar-refractivity contribution >= 4 is 33.1 Å². The van der Waals surface area contributed by atoms with Crippen LogP contribution >= 0.6 is 11.6 Å². The van der Waals surface area contributed by atoms with Gasteiger partial charge in [-0.1, -0.05) is 29.8 Å². The molecular weight excluding hydrogens is 384 g/mol. The van der Waals surface area contributed by atoms with Crippen LogP contribution in [0.25, 0.3) is 0 Å². The SMILES string of the molecule is CS(=O)(=O)Nc1ccc(C(=O)C2CCN(Cc3ccccc3Cl)CC2)cc1. The number of carbonyl (C=O) groups is 1. The molecule has 0 spiro atoms. The largest absolute Gasteiger partial charge is 0.299 e. The van der Waals surface area contributed by atoms with Crippen LogP contribution in [0.15, 0.2) is 48.5 Å². The summed E-state index contributed by atoms with van der Waals surface area (Å²) in [7, 11) is -3.32. The zero-order valence-electron chi connectivity index (χ0n) is 15.2. The predicted octanol–water partition coefficient (Wildman–Crippen LogP) is 3.81. The number of rotatable bonds is 6. The number of sulfonamides is 1. The fraction of sp³-hybridized carbons (Fsp3) is 0.350. The molecule has 2 aromatic rings. The molecule has 144 valence electrons. The van der Waals surface area contributed by atoms with E-state index in [1.165, 1.54) is 0 Å². The molecular formula is C20H23ClN2O3S. The van der Waals surface area contributed by atoms with Crippen molar-refractivity contribution < 1.29 is 13.2 Å². The molecule has 27 heavy (non-hydrogen) atoms. The Morgan fingerprint density at radius 2 is 1.74 bits per heavy atom. The number of hydrogen-bond acceptors (Lipinski definition) is 4. The summed E-state index contributed by atoms with van der Waals surface area (Å²) in [6.07, 6.45) is 2.72. The fourth-order valence-corrected chi connectivity index (χ4v) is 4.13. The minimum Gasteiger partial charge on any atom is -0.299 e. The number of ketones is 1. The minimum atomic E-state index is -3.32. The summed E-state index contributed by atoms with van der Waals surface area (Å²) >= 11 is 6.23. The van der Waals surface area contributed by atoms with E-state index in [1.807, 2.05) is 24.3 Å². The quantitative estimate of drug-likeness (QED) is 0.741. The number of piperidine rings is 1. The van der Waals surface area contributed by atoms with E-state index in [2.05, 4.69) is 9.62 Å². The van der Waals surface area contributed by atoms with E-state index in [4.69, 9.17) is 11.6 Å². The van der Waals surface area contributed by atoms with Crippen LogP contribution in [0.5, 0.6) is 0 Å². The lowest BCUT2D eigenvalue weighted by atomic mass is 9.88. The molecule has 1 aliphatic rings. The smallest absolute Gasteiger partial charge is 0.229 e. The van der Waals surface area contributed by atoms with Crippen molar-refractivity contribution in [2.24, 2.45) is 5.92 Å². The Morgan fingerprint density at radius 1 is 1.11 bits per heavy atom. The topological polar surface area (TPSA) is 66.5 Å². The van der Waals surface area contributed by atoms with Crippen molar-refractivity contribution in [1.29, 1.82) is 0 Å². The molecule has 7 heteroatoms. The van der Waals surface area contributed by atoms with Gasteiger partial charge in [-0.3, -0.25) is 14.4 Å². The molecule has 3 rings (SSSR count). The Labute approximate surface area is 165 Å². The van der Waals surface area contributed by atoms with Crippen LogP contribution in [0.3, 0.4) is 0 Å². The third-order valence-electron chi connectivity index (χ3n) is 4.78. The number of benzene rings is 2. The molecule has 1 fully saturated rings. The van der Waals surface area contributed by atoms with Crippen LogP contribution in [0, 0.1) is 5.92 Å². The molecule has 1 saturated heterocycles. The zero-order valence-corrected chi connectivity index (χ0v) is 16.8. The highest BCUT2D eigenvalue weighted by molar-refractivity contribution is 7.92. The molecule has 1 heterocycles. The van der Waals surface area contributed by atoms with Gasteiger partial charge in [0.05, 0.1) is 6.26 Å². The molecule has 5 nitrogen and oxygen atoms in total. The number of carbonyl (C=O) groups excluding carboxylic acids is 1. The Balaban J connectivity index is 1.56. The standard InChI is InChI=1S/C20H23ClN2O3S/c1-27(25,26)22-18-8-6-15(7-9-18)20(24)16-10-12-23(13-11-16)14-17-4-2-3-5-19(17)21/h2-9,16,22H,10-14H2,1H3. The van der Waals surface area contributed by atoms with E-state index in [0.29, 0.717) is 11.3 Å². The molecule has 0 atom stereocenters. The van der Waals surface area contributed by atoms with Crippen molar-refractivity contribution in [3.05, 3.63) is 64.7 Å². The second kappa shape index (κ2) is 8.42. The van der Waals surface area contributed by atoms with Crippen LogP contribution in [0.2, 0.25) is 5.02 Å². The predicted molar refractivity (Wildman–Crippen MR) is 109 cm³/mol. The molecule has 0 saturated carbocycles. The molecule has 0 radical (unpaired) electrons. The van der Waals surface area contributed by atoms with Crippen LogP contribution in [0.4, 0.5) is 5.69 Å². The molecule has 0 aliphatic carbocycles. The van der Waals surface area contributed by atoms with E-state index < -0.39 is 10.0 Å². The van der Waals surface area contributed by atoms with Gasteiger partial charge < -0.3 is 0 Å². The minimum absolute atomic E-state index is 0.00112. The maximum absolute atomic E-state index is 12.7. The maximum atomic E-state index is 12.7. The fourth-order valence-electron chi connectivity index (χ4n) is 3.37. The van der Waals surface area contributed by atoms with E-state index >= 15 is 0 Å². The van der Waals surface area contributed by atoms with E-state index in [1.54, 1.807) is 24.3 Å². The first-order valence-electron chi connectivity index (χ1n) is 8.89. The number of nitrogens with zero attached hydrogens (tertiary/aromatic N) is 1. The van der Waals surface area contributed by atoms with Gasteiger partial charge in [0.2, 0.25) is 10.0 Å².